The van der Waals surface area contributed by atoms with Crippen molar-refractivity contribution >= 4 is 17.3 Å². The Labute approximate surface area is 124 Å². The summed E-state index contributed by atoms with van der Waals surface area (Å²) in [7, 11) is 0. The molecule has 1 amide bonds. The van der Waals surface area contributed by atoms with E-state index in [1.54, 1.807) is 0 Å². The minimum atomic E-state index is -0.478. The lowest BCUT2D eigenvalue weighted by Gasteiger charge is -2.24. The van der Waals surface area contributed by atoms with Crippen molar-refractivity contribution in [1.29, 1.82) is 0 Å². The molecule has 0 aromatic heterocycles. The van der Waals surface area contributed by atoms with Crippen molar-refractivity contribution in [3.8, 4) is 0 Å². The fourth-order valence-corrected chi connectivity index (χ4v) is 2.32. The number of amides is 1. The molecule has 0 aliphatic heterocycles. The van der Waals surface area contributed by atoms with E-state index >= 15 is 0 Å². The van der Waals surface area contributed by atoms with Crippen LogP contribution in [-0.2, 0) is 9.53 Å². The average molecular weight is 294 g/mol. The van der Waals surface area contributed by atoms with Crippen LogP contribution < -0.4 is 11.1 Å². The van der Waals surface area contributed by atoms with Crippen LogP contribution in [-0.4, -0.2) is 19.1 Å². The second-order valence-corrected chi connectivity index (χ2v) is 5.59. The summed E-state index contributed by atoms with van der Waals surface area (Å²) in [5.41, 5.74) is 6.11. The van der Waals surface area contributed by atoms with Crippen molar-refractivity contribution in [2.24, 2.45) is 5.92 Å². The zero-order valence-corrected chi connectivity index (χ0v) is 12.2. The molecule has 1 aliphatic carbocycles. The lowest BCUT2D eigenvalue weighted by Crippen LogP contribution is -2.15. The van der Waals surface area contributed by atoms with E-state index in [0.29, 0.717) is 25.1 Å². The number of nitrogen functional groups attached to an aromatic ring is 1. The number of ether oxygens (including phenoxy) is 1. The van der Waals surface area contributed by atoms with Gasteiger partial charge in [0.15, 0.2) is 0 Å². The monoisotopic (exact) mass is 294 g/mol. The molecule has 0 radical (unpaired) electrons. The number of carbonyl (C=O) groups excluding carboxylic acids is 1. The molecule has 0 unspecified atom stereocenters. The van der Waals surface area contributed by atoms with Crippen molar-refractivity contribution in [3.63, 3.8) is 0 Å². The maximum absolute atomic E-state index is 13.4. The molecule has 0 bridgehead atoms. The molecule has 2 rings (SSSR count). The third-order valence-electron chi connectivity index (χ3n) is 3.85. The summed E-state index contributed by atoms with van der Waals surface area (Å²) in [6, 6.07) is 4.12. The van der Waals surface area contributed by atoms with Crippen molar-refractivity contribution in [3.05, 3.63) is 24.0 Å². The molecule has 1 aromatic carbocycles. The minimum absolute atomic E-state index is 0.130. The number of rotatable bonds is 8. The molecule has 0 saturated heterocycles. The molecule has 0 atom stereocenters. The smallest absolute Gasteiger partial charge is 0.224 e. The Balaban J connectivity index is 1.57. The highest BCUT2D eigenvalue weighted by Gasteiger charge is 2.16. The molecule has 3 N–H and O–H groups in total. The van der Waals surface area contributed by atoms with Crippen LogP contribution in [0.15, 0.2) is 18.2 Å². The quantitative estimate of drug-likeness (QED) is 0.571. The van der Waals surface area contributed by atoms with Crippen LogP contribution >= 0.6 is 0 Å². The Morgan fingerprint density at radius 1 is 1.38 bits per heavy atom. The zero-order valence-electron chi connectivity index (χ0n) is 12.2. The summed E-state index contributed by atoms with van der Waals surface area (Å²) in [4.78, 5) is 11.7. The van der Waals surface area contributed by atoms with Crippen LogP contribution in [0.2, 0.25) is 0 Å². The lowest BCUT2D eigenvalue weighted by atomic mass is 9.83. The number of nitrogens with two attached hydrogens (primary N) is 1. The van der Waals surface area contributed by atoms with E-state index < -0.39 is 5.82 Å². The van der Waals surface area contributed by atoms with Crippen LogP contribution in [0.4, 0.5) is 15.8 Å². The van der Waals surface area contributed by atoms with Gasteiger partial charge in [-0.3, -0.25) is 4.79 Å². The van der Waals surface area contributed by atoms with Gasteiger partial charge in [-0.25, -0.2) is 4.39 Å². The molecule has 116 valence electrons. The Morgan fingerprint density at radius 2 is 2.19 bits per heavy atom. The molecular formula is C16H23FN2O2. The first kappa shape index (κ1) is 15.8. The molecule has 4 nitrogen and oxygen atoms in total. The second kappa shape index (κ2) is 7.98. The van der Waals surface area contributed by atoms with Gasteiger partial charge in [0.05, 0.1) is 5.69 Å². The van der Waals surface area contributed by atoms with Crippen LogP contribution in [0, 0.1) is 11.7 Å². The number of benzene rings is 1. The third kappa shape index (κ3) is 5.34. The lowest BCUT2D eigenvalue weighted by molar-refractivity contribution is -0.116. The average Bonchev–Trinajstić information content (AvgIpc) is 2.40. The maximum Gasteiger partial charge on any atom is 0.224 e. The van der Waals surface area contributed by atoms with Crippen molar-refractivity contribution in [1.82, 2.24) is 0 Å². The number of halogens is 1. The normalized spacial score (nSPS) is 14.7. The highest BCUT2D eigenvalue weighted by molar-refractivity contribution is 5.91. The highest BCUT2D eigenvalue weighted by atomic mass is 19.1. The third-order valence-corrected chi connectivity index (χ3v) is 3.85. The zero-order chi connectivity index (χ0) is 15.1. The van der Waals surface area contributed by atoms with Gasteiger partial charge >= 0.3 is 0 Å². The van der Waals surface area contributed by atoms with Crippen molar-refractivity contribution in [2.45, 2.75) is 38.5 Å². The Bertz CT molecular complexity index is 475. The summed E-state index contributed by atoms with van der Waals surface area (Å²) < 4.78 is 18.9. The molecule has 1 fully saturated rings. The van der Waals surface area contributed by atoms with E-state index in [4.69, 9.17) is 10.5 Å². The van der Waals surface area contributed by atoms with Gasteiger partial charge in [-0.15, -0.1) is 0 Å². The molecular weight excluding hydrogens is 271 g/mol. The predicted molar refractivity (Wildman–Crippen MR) is 81.5 cm³/mol. The van der Waals surface area contributed by atoms with Gasteiger partial charge in [-0.05, 0) is 37.0 Å². The topological polar surface area (TPSA) is 64.3 Å². The van der Waals surface area contributed by atoms with E-state index in [0.717, 1.165) is 18.9 Å². The van der Waals surface area contributed by atoms with E-state index in [1.165, 1.54) is 37.5 Å². The summed E-state index contributed by atoms with van der Waals surface area (Å²) in [6.07, 6.45) is 6.10. The van der Waals surface area contributed by atoms with Crippen molar-refractivity contribution in [2.75, 3.05) is 24.3 Å². The number of anilines is 2. The number of nitrogens with one attached hydrogen (secondary N) is 1. The fourth-order valence-electron chi connectivity index (χ4n) is 2.32. The van der Waals surface area contributed by atoms with Gasteiger partial charge in [0, 0.05) is 25.3 Å². The largest absolute Gasteiger partial charge is 0.399 e. The standard InChI is InChI=1S/C16H23FN2O2/c17-14-7-6-13(18)11-15(14)19-16(20)5-2-9-21-10-8-12-3-1-4-12/h6-7,11-12H,1-5,8-10,18H2,(H,19,20). The maximum atomic E-state index is 13.4. The van der Waals surface area contributed by atoms with Gasteiger partial charge in [0.2, 0.25) is 5.91 Å². The highest BCUT2D eigenvalue weighted by Crippen LogP contribution is 2.29. The minimum Gasteiger partial charge on any atom is -0.399 e. The predicted octanol–water partition coefficient (Wildman–Crippen LogP) is 3.33. The van der Waals surface area contributed by atoms with E-state index in [9.17, 15) is 9.18 Å². The Morgan fingerprint density at radius 3 is 2.90 bits per heavy atom. The fraction of sp³-hybridized carbons (Fsp3) is 0.562. The Kier molecular flexibility index (Phi) is 5.99. The number of hydrogen-bond donors (Lipinski definition) is 2. The van der Waals surface area contributed by atoms with Gasteiger partial charge in [0.1, 0.15) is 5.82 Å². The SMILES string of the molecule is Nc1ccc(F)c(NC(=O)CCCOCCC2CCC2)c1. The van der Waals surface area contributed by atoms with Crippen LogP contribution in [0.1, 0.15) is 38.5 Å². The summed E-state index contributed by atoms with van der Waals surface area (Å²) in [5.74, 6) is 0.149. The molecule has 1 saturated carbocycles. The first-order chi connectivity index (χ1) is 10.1. The summed E-state index contributed by atoms with van der Waals surface area (Å²) in [5, 5.41) is 2.53. The number of hydrogen-bond acceptors (Lipinski definition) is 3. The van der Waals surface area contributed by atoms with E-state index in [1.807, 2.05) is 0 Å². The van der Waals surface area contributed by atoms with Crippen molar-refractivity contribution < 1.29 is 13.9 Å². The van der Waals surface area contributed by atoms with E-state index in [-0.39, 0.29) is 11.6 Å². The van der Waals surface area contributed by atoms with Crippen LogP contribution in [0.5, 0.6) is 0 Å². The first-order valence-electron chi connectivity index (χ1n) is 7.58. The molecule has 0 spiro atoms. The van der Waals surface area contributed by atoms with Gasteiger partial charge in [0.25, 0.3) is 0 Å². The molecule has 5 heteroatoms. The summed E-state index contributed by atoms with van der Waals surface area (Å²) >= 11 is 0. The van der Waals surface area contributed by atoms with E-state index in [2.05, 4.69) is 5.32 Å². The van der Waals surface area contributed by atoms with Gasteiger partial charge in [-0.2, -0.15) is 0 Å². The summed E-state index contributed by atoms with van der Waals surface area (Å²) in [6.45, 7) is 1.34. The molecule has 1 aliphatic rings. The molecule has 1 aromatic rings. The van der Waals surface area contributed by atoms with Crippen LogP contribution in [0.25, 0.3) is 0 Å². The first-order valence-corrected chi connectivity index (χ1v) is 7.58. The van der Waals surface area contributed by atoms with Gasteiger partial charge in [-0.1, -0.05) is 19.3 Å². The Hall–Kier alpha value is -1.62. The second-order valence-electron chi connectivity index (χ2n) is 5.59. The number of carbonyl (C=O) groups is 1. The molecule has 21 heavy (non-hydrogen) atoms. The van der Waals surface area contributed by atoms with Gasteiger partial charge < -0.3 is 15.8 Å². The molecule has 0 heterocycles. The van der Waals surface area contributed by atoms with Crippen LogP contribution in [0.3, 0.4) is 0 Å².